The molecule has 0 spiro atoms. The van der Waals surface area contributed by atoms with Gasteiger partial charge in [0.05, 0.1) is 11.6 Å². The molecule has 6 heteroatoms. The van der Waals surface area contributed by atoms with E-state index in [4.69, 9.17) is 0 Å². The SMILES string of the molecule is O=C1CC(C(=O)N2CCCCC2)=C2C(=O)N(c3ccccc3)C(=O)[C@@H]2C1. The average molecular weight is 352 g/mol. The molecule has 0 saturated carbocycles. The first kappa shape index (κ1) is 16.7. The molecule has 1 aromatic carbocycles. The third-order valence-corrected chi connectivity index (χ3v) is 5.35. The van der Waals surface area contributed by atoms with Crippen molar-refractivity contribution >= 4 is 29.2 Å². The molecule has 2 aliphatic heterocycles. The number of carbonyl (C=O) groups excluding carboxylic acids is 4. The van der Waals surface area contributed by atoms with E-state index in [1.54, 1.807) is 35.2 Å². The Kier molecular flexibility index (Phi) is 4.18. The zero-order valence-corrected chi connectivity index (χ0v) is 14.4. The molecule has 26 heavy (non-hydrogen) atoms. The first-order chi connectivity index (χ1) is 12.6. The van der Waals surface area contributed by atoms with Crippen molar-refractivity contribution < 1.29 is 19.2 Å². The molecule has 6 nitrogen and oxygen atoms in total. The van der Waals surface area contributed by atoms with Gasteiger partial charge >= 0.3 is 0 Å². The van der Waals surface area contributed by atoms with Gasteiger partial charge in [0.2, 0.25) is 5.91 Å². The van der Waals surface area contributed by atoms with Gasteiger partial charge in [0.25, 0.3) is 11.8 Å². The van der Waals surface area contributed by atoms with Gasteiger partial charge in [-0.2, -0.15) is 0 Å². The third-order valence-electron chi connectivity index (χ3n) is 5.35. The van der Waals surface area contributed by atoms with E-state index >= 15 is 0 Å². The highest BCUT2D eigenvalue weighted by atomic mass is 16.2. The molecule has 2 fully saturated rings. The summed E-state index contributed by atoms with van der Waals surface area (Å²) in [7, 11) is 0. The number of piperidine rings is 1. The number of amides is 3. The fourth-order valence-electron chi connectivity index (χ4n) is 4.07. The molecule has 3 aliphatic rings. The van der Waals surface area contributed by atoms with Gasteiger partial charge < -0.3 is 4.90 Å². The van der Waals surface area contributed by atoms with Gasteiger partial charge in [-0.3, -0.25) is 19.2 Å². The van der Waals surface area contributed by atoms with Crippen LogP contribution in [0.3, 0.4) is 0 Å². The lowest BCUT2D eigenvalue weighted by molar-refractivity contribution is -0.131. The number of anilines is 1. The van der Waals surface area contributed by atoms with E-state index in [1.807, 2.05) is 0 Å². The fourth-order valence-corrected chi connectivity index (χ4v) is 4.07. The maximum atomic E-state index is 13.0. The largest absolute Gasteiger partial charge is 0.339 e. The normalized spacial score (nSPS) is 23.5. The van der Waals surface area contributed by atoms with E-state index < -0.39 is 17.7 Å². The summed E-state index contributed by atoms with van der Waals surface area (Å²) in [6, 6.07) is 8.66. The summed E-state index contributed by atoms with van der Waals surface area (Å²) in [6.45, 7) is 1.28. The number of hydrogen-bond acceptors (Lipinski definition) is 4. The van der Waals surface area contributed by atoms with E-state index in [0.717, 1.165) is 24.2 Å². The van der Waals surface area contributed by atoms with Crippen LogP contribution in [-0.4, -0.2) is 41.5 Å². The highest BCUT2D eigenvalue weighted by Gasteiger charge is 2.50. The number of imide groups is 1. The third kappa shape index (κ3) is 2.66. The summed E-state index contributed by atoms with van der Waals surface area (Å²) in [5.41, 5.74) is 0.931. The molecule has 3 amide bonds. The van der Waals surface area contributed by atoms with Gasteiger partial charge in [-0.15, -0.1) is 0 Å². The van der Waals surface area contributed by atoms with Crippen LogP contribution >= 0.6 is 0 Å². The lowest BCUT2D eigenvalue weighted by atomic mass is 9.82. The minimum atomic E-state index is -0.826. The highest BCUT2D eigenvalue weighted by molar-refractivity contribution is 6.32. The van der Waals surface area contributed by atoms with Crippen LogP contribution < -0.4 is 4.90 Å². The molecule has 0 bridgehead atoms. The van der Waals surface area contributed by atoms with Gasteiger partial charge in [0.15, 0.2) is 0 Å². The Labute approximate surface area is 151 Å². The van der Waals surface area contributed by atoms with Crippen LogP contribution in [0, 0.1) is 5.92 Å². The number of rotatable bonds is 2. The molecule has 134 valence electrons. The second-order valence-corrected chi connectivity index (χ2v) is 7.03. The second kappa shape index (κ2) is 6.52. The van der Waals surface area contributed by atoms with E-state index in [0.29, 0.717) is 18.8 Å². The van der Waals surface area contributed by atoms with Crippen molar-refractivity contribution in [3.05, 3.63) is 41.5 Å². The summed E-state index contributed by atoms with van der Waals surface area (Å²) < 4.78 is 0. The molecule has 0 aromatic heterocycles. The monoisotopic (exact) mass is 352 g/mol. The molecular weight excluding hydrogens is 332 g/mol. The minimum Gasteiger partial charge on any atom is -0.339 e. The summed E-state index contributed by atoms with van der Waals surface area (Å²) >= 11 is 0. The highest BCUT2D eigenvalue weighted by Crippen LogP contribution is 2.39. The quantitative estimate of drug-likeness (QED) is 0.761. The molecule has 0 unspecified atom stereocenters. The topological polar surface area (TPSA) is 74.8 Å². The Morgan fingerprint density at radius 1 is 0.962 bits per heavy atom. The van der Waals surface area contributed by atoms with Gasteiger partial charge in [0.1, 0.15) is 5.78 Å². The van der Waals surface area contributed by atoms with Crippen LogP contribution in [0.4, 0.5) is 5.69 Å². The molecule has 1 atom stereocenters. The zero-order valence-electron chi connectivity index (χ0n) is 14.4. The number of fused-ring (bicyclic) bond motifs is 1. The van der Waals surface area contributed by atoms with Crippen molar-refractivity contribution in [3.8, 4) is 0 Å². The summed E-state index contributed by atoms with van der Waals surface area (Å²) in [5.74, 6) is -2.11. The number of carbonyl (C=O) groups is 4. The van der Waals surface area contributed by atoms with Crippen LogP contribution in [0.2, 0.25) is 0 Å². The Morgan fingerprint density at radius 2 is 1.65 bits per heavy atom. The molecule has 2 heterocycles. The van der Waals surface area contributed by atoms with Gasteiger partial charge in [-0.1, -0.05) is 18.2 Å². The van der Waals surface area contributed by atoms with E-state index in [1.165, 1.54) is 0 Å². The van der Waals surface area contributed by atoms with Crippen LogP contribution in [0.5, 0.6) is 0 Å². The van der Waals surface area contributed by atoms with Crippen LogP contribution in [0.25, 0.3) is 0 Å². The maximum Gasteiger partial charge on any atom is 0.262 e. The Bertz CT molecular complexity index is 821. The first-order valence-corrected chi connectivity index (χ1v) is 9.05. The molecular formula is C20H20N2O4. The molecule has 2 saturated heterocycles. The first-order valence-electron chi connectivity index (χ1n) is 9.05. The van der Waals surface area contributed by atoms with Crippen molar-refractivity contribution in [2.24, 2.45) is 5.92 Å². The number of Topliss-reactive ketones (excluding diaryl/α,β-unsaturated/α-hetero) is 1. The predicted molar refractivity (Wildman–Crippen MR) is 94.1 cm³/mol. The van der Waals surface area contributed by atoms with Crippen LogP contribution in [0.1, 0.15) is 32.1 Å². The number of benzene rings is 1. The smallest absolute Gasteiger partial charge is 0.262 e. The minimum absolute atomic E-state index is 0.0000201. The van der Waals surface area contributed by atoms with Crippen molar-refractivity contribution in [1.29, 1.82) is 0 Å². The van der Waals surface area contributed by atoms with Crippen molar-refractivity contribution in [2.45, 2.75) is 32.1 Å². The fraction of sp³-hybridized carbons (Fsp3) is 0.400. The van der Waals surface area contributed by atoms with Crippen molar-refractivity contribution in [3.63, 3.8) is 0 Å². The summed E-state index contributed by atoms with van der Waals surface area (Å²) in [6.07, 6.45) is 2.88. The standard InChI is InChI=1S/C20H20N2O4/c23-14-11-15(18(24)21-9-5-2-6-10-21)17-16(12-14)19(25)22(20(17)26)13-7-3-1-4-8-13/h1,3-4,7-8,16H,2,5-6,9-12H2/t16-/m1/s1. The number of ketones is 1. The van der Waals surface area contributed by atoms with Gasteiger partial charge in [-0.05, 0) is 31.4 Å². The molecule has 0 N–H and O–H groups in total. The zero-order chi connectivity index (χ0) is 18.3. The van der Waals surface area contributed by atoms with E-state index in [9.17, 15) is 19.2 Å². The lowest BCUT2D eigenvalue weighted by Gasteiger charge is -2.29. The van der Waals surface area contributed by atoms with E-state index in [-0.39, 0.29) is 35.7 Å². The maximum absolute atomic E-state index is 13.0. The Morgan fingerprint density at radius 3 is 2.35 bits per heavy atom. The Balaban J connectivity index is 1.75. The van der Waals surface area contributed by atoms with Gasteiger partial charge in [0, 0.05) is 37.1 Å². The van der Waals surface area contributed by atoms with Crippen LogP contribution in [-0.2, 0) is 19.2 Å². The van der Waals surface area contributed by atoms with Crippen molar-refractivity contribution in [2.75, 3.05) is 18.0 Å². The molecule has 1 aliphatic carbocycles. The molecule has 4 rings (SSSR count). The molecule has 1 aromatic rings. The number of likely N-dealkylation sites (tertiary alicyclic amines) is 1. The van der Waals surface area contributed by atoms with Crippen LogP contribution in [0.15, 0.2) is 41.5 Å². The lowest BCUT2D eigenvalue weighted by Crippen LogP contribution is -2.39. The van der Waals surface area contributed by atoms with Gasteiger partial charge in [-0.25, -0.2) is 4.90 Å². The Hall–Kier alpha value is -2.76. The number of nitrogens with zero attached hydrogens (tertiary/aromatic N) is 2. The number of para-hydroxylation sites is 1. The van der Waals surface area contributed by atoms with Crippen molar-refractivity contribution in [1.82, 2.24) is 4.90 Å². The average Bonchev–Trinajstić information content (AvgIpc) is 2.92. The predicted octanol–water partition coefficient (Wildman–Crippen LogP) is 1.85. The summed E-state index contributed by atoms with van der Waals surface area (Å²) in [4.78, 5) is 53.9. The molecule has 0 radical (unpaired) electrons. The number of hydrogen-bond donors (Lipinski definition) is 0. The second-order valence-electron chi connectivity index (χ2n) is 7.03. The van der Waals surface area contributed by atoms with E-state index in [2.05, 4.69) is 0 Å². The summed E-state index contributed by atoms with van der Waals surface area (Å²) in [5, 5.41) is 0.